The Labute approximate surface area is 147 Å². The number of ketones is 1. The summed E-state index contributed by atoms with van der Waals surface area (Å²) >= 11 is 0. The van der Waals surface area contributed by atoms with Gasteiger partial charge in [-0.3, -0.25) is 9.69 Å². The summed E-state index contributed by atoms with van der Waals surface area (Å²) in [6.45, 7) is 2.12. The van der Waals surface area contributed by atoms with E-state index in [9.17, 15) is 4.79 Å². The van der Waals surface area contributed by atoms with E-state index in [0.717, 1.165) is 37.4 Å². The zero-order valence-corrected chi connectivity index (χ0v) is 14.3. The molecule has 1 aromatic rings. The average Bonchev–Trinajstić information content (AvgIpc) is 3.36. The third-order valence-electron chi connectivity index (χ3n) is 6.94. The second kappa shape index (κ2) is 4.55. The van der Waals surface area contributed by atoms with Crippen LogP contribution in [0.3, 0.4) is 0 Å². The third-order valence-corrected chi connectivity index (χ3v) is 6.94. The van der Waals surface area contributed by atoms with Crippen LogP contribution in [0, 0.1) is 5.92 Å². The van der Waals surface area contributed by atoms with Gasteiger partial charge >= 0.3 is 0 Å². The van der Waals surface area contributed by atoms with Gasteiger partial charge in [0.25, 0.3) is 0 Å². The Balaban J connectivity index is 1.56. The maximum atomic E-state index is 12.7. The Kier molecular flexibility index (Phi) is 2.58. The molecule has 4 nitrogen and oxygen atoms in total. The number of hydrogen-bond acceptors (Lipinski definition) is 4. The topological polar surface area (TPSA) is 38.8 Å². The van der Waals surface area contributed by atoms with Crippen molar-refractivity contribution in [3.63, 3.8) is 0 Å². The SMILES string of the molecule is COc1ccc2c3c1O[C@H]1C(=O)C=CC4[C@@H](C2)N(CC2=CC2)CC[C@@]341. The smallest absolute Gasteiger partial charge is 0.196 e. The highest BCUT2D eigenvalue weighted by Gasteiger charge is 2.64. The van der Waals surface area contributed by atoms with Crippen LogP contribution >= 0.6 is 0 Å². The Morgan fingerprint density at radius 3 is 3.08 bits per heavy atom. The van der Waals surface area contributed by atoms with Crippen LogP contribution in [0.4, 0.5) is 0 Å². The molecule has 1 spiro atoms. The lowest BCUT2D eigenvalue weighted by Crippen LogP contribution is -2.64. The number of carbonyl (C=O) groups excluding carboxylic acids is 1. The molecule has 4 atom stereocenters. The number of ether oxygens (including phenoxy) is 2. The molecule has 4 heteroatoms. The van der Waals surface area contributed by atoms with E-state index in [1.807, 2.05) is 6.07 Å². The van der Waals surface area contributed by atoms with E-state index in [-0.39, 0.29) is 17.3 Å². The molecular formula is C21H21NO3. The molecule has 2 bridgehead atoms. The predicted molar refractivity (Wildman–Crippen MR) is 93.1 cm³/mol. The van der Waals surface area contributed by atoms with E-state index in [0.29, 0.717) is 12.0 Å². The van der Waals surface area contributed by atoms with E-state index in [1.54, 1.807) is 18.8 Å². The van der Waals surface area contributed by atoms with E-state index < -0.39 is 0 Å². The van der Waals surface area contributed by atoms with Gasteiger partial charge in [-0.05, 0) is 43.5 Å². The average molecular weight is 335 g/mol. The number of carbonyl (C=O) groups is 1. The molecular weight excluding hydrogens is 314 g/mol. The van der Waals surface area contributed by atoms with Crippen molar-refractivity contribution < 1.29 is 14.3 Å². The normalized spacial score (nSPS) is 36.6. The fraction of sp³-hybridized carbons (Fsp3) is 0.476. The molecule has 128 valence electrons. The van der Waals surface area contributed by atoms with E-state index in [1.165, 1.54) is 17.5 Å². The summed E-state index contributed by atoms with van der Waals surface area (Å²) in [7, 11) is 1.68. The molecule has 0 saturated carbocycles. The lowest BCUT2D eigenvalue weighted by atomic mass is 9.53. The first-order valence-electron chi connectivity index (χ1n) is 9.23. The van der Waals surface area contributed by atoms with E-state index >= 15 is 0 Å². The maximum absolute atomic E-state index is 12.7. The van der Waals surface area contributed by atoms with Crippen LogP contribution in [0.5, 0.6) is 11.5 Å². The second-order valence-electron chi connectivity index (χ2n) is 8.02. The highest BCUT2D eigenvalue weighted by atomic mass is 16.5. The highest BCUT2D eigenvalue weighted by Crippen LogP contribution is 2.62. The van der Waals surface area contributed by atoms with E-state index in [2.05, 4.69) is 23.1 Å². The van der Waals surface area contributed by atoms with Crippen LogP contribution in [-0.2, 0) is 16.6 Å². The molecule has 3 aliphatic carbocycles. The maximum Gasteiger partial charge on any atom is 0.196 e. The number of rotatable bonds is 3. The number of piperidine rings is 1. The number of allylic oxidation sites excluding steroid dienone is 1. The van der Waals surface area contributed by atoms with Crippen LogP contribution in [0.15, 0.2) is 35.9 Å². The van der Waals surface area contributed by atoms with Crippen molar-refractivity contribution in [1.82, 2.24) is 4.90 Å². The molecule has 1 aromatic carbocycles. The molecule has 5 aliphatic rings. The molecule has 2 aliphatic heterocycles. The van der Waals surface area contributed by atoms with Gasteiger partial charge in [0.05, 0.1) is 12.5 Å². The number of benzene rings is 1. The molecule has 0 amide bonds. The lowest BCUT2D eigenvalue weighted by molar-refractivity contribution is -0.127. The van der Waals surface area contributed by atoms with Gasteiger partial charge in [-0.15, -0.1) is 0 Å². The second-order valence-corrected chi connectivity index (χ2v) is 8.02. The first-order valence-corrected chi connectivity index (χ1v) is 9.23. The van der Waals surface area contributed by atoms with Gasteiger partial charge in [-0.2, -0.15) is 0 Å². The van der Waals surface area contributed by atoms with Gasteiger partial charge in [-0.1, -0.05) is 23.8 Å². The minimum absolute atomic E-state index is 0.111. The zero-order valence-electron chi connectivity index (χ0n) is 14.3. The van der Waals surface area contributed by atoms with Crippen molar-refractivity contribution in [2.75, 3.05) is 20.2 Å². The van der Waals surface area contributed by atoms with Crippen molar-refractivity contribution in [3.05, 3.63) is 47.1 Å². The summed E-state index contributed by atoms with van der Waals surface area (Å²) in [5.74, 6) is 2.05. The Hall–Kier alpha value is -2.07. The van der Waals surface area contributed by atoms with Crippen molar-refractivity contribution in [2.45, 2.75) is 36.8 Å². The number of nitrogens with zero attached hydrogens (tertiary/aromatic N) is 1. The van der Waals surface area contributed by atoms with Crippen LogP contribution in [0.25, 0.3) is 0 Å². The highest BCUT2D eigenvalue weighted by molar-refractivity contribution is 5.98. The molecule has 1 fully saturated rings. The fourth-order valence-corrected chi connectivity index (χ4v) is 5.78. The summed E-state index contributed by atoms with van der Waals surface area (Å²) in [6.07, 6.45) is 9.08. The van der Waals surface area contributed by atoms with Crippen LogP contribution in [-0.4, -0.2) is 43.0 Å². The molecule has 6 rings (SSSR count). The molecule has 1 saturated heterocycles. The fourth-order valence-electron chi connectivity index (χ4n) is 5.78. The van der Waals surface area contributed by atoms with Gasteiger partial charge in [0.1, 0.15) is 0 Å². The van der Waals surface area contributed by atoms with Crippen molar-refractivity contribution in [3.8, 4) is 11.5 Å². The summed E-state index contributed by atoms with van der Waals surface area (Å²) in [5.41, 5.74) is 3.98. The van der Waals surface area contributed by atoms with Crippen LogP contribution in [0.1, 0.15) is 24.0 Å². The molecule has 0 radical (unpaired) electrons. The van der Waals surface area contributed by atoms with Gasteiger partial charge in [0, 0.05) is 24.1 Å². The standard InChI is InChI=1S/C21H21NO3/c1-24-17-7-4-13-10-15-14-5-6-16(23)20-21(14,18(13)19(17)25-20)8-9-22(15)11-12-2-3-12/h2,4-7,14-15,20H,3,8-11H2,1H3/t14?,15-,20+,21+/m1/s1. The largest absolute Gasteiger partial charge is 0.493 e. The molecule has 0 N–H and O–H groups in total. The minimum Gasteiger partial charge on any atom is -0.493 e. The summed E-state index contributed by atoms with van der Waals surface area (Å²) in [6, 6.07) is 4.65. The summed E-state index contributed by atoms with van der Waals surface area (Å²) < 4.78 is 11.8. The number of likely N-dealkylation sites (tertiary alicyclic amines) is 1. The quantitative estimate of drug-likeness (QED) is 0.795. The van der Waals surface area contributed by atoms with Crippen LogP contribution < -0.4 is 9.47 Å². The van der Waals surface area contributed by atoms with E-state index in [4.69, 9.17) is 9.47 Å². The van der Waals surface area contributed by atoms with Crippen molar-refractivity contribution >= 4 is 5.78 Å². The molecule has 0 aromatic heterocycles. The first kappa shape index (κ1) is 14.1. The predicted octanol–water partition coefficient (Wildman–Crippen LogP) is 2.41. The molecule has 25 heavy (non-hydrogen) atoms. The van der Waals surface area contributed by atoms with Gasteiger partial charge in [0.2, 0.25) is 0 Å². The number of methoxy groups -OCH3 is 1. The minimum atomic E-state index is -0.377. The monoisotopic (exact) mass is 335 g/mol. The Morgan fingerprint density at radius 2 is 2.28 bits per heavy atom. The van der Waals surface area contributed by atoms with Crippen molar-refractivity contribution in [1.29, 1.82) is 0 Å². The first-order chi connectivity index (χ1) is 12.2. The molecule has 2 heterocycles. The van der Waals surface area contributed by atoms with Gasteiger partial charge < -0.3 is 9.47 Å². The lowest BCUT2D eigenvalue weighted by Gasteiger charge is -2.56. The molecule has 1 unspecified atom stereocenters. The third kappa shape index (κ3) is 1.64. The summed E-state index contributed by atoms with van der Waals surface area (Å²) in [5, 5.41) is 0. The number of hydrogen-bond donors (Lipinski definition) is 0. The Bertz CT molecular complexity index is 870. The zero-order chi connectivity index (χ0) is 16.8. The Morgan fingerprint density at radius 1 is 1.40 bits per heavy atom. The van der Waals surface area contributed by atoms with Crippen LogP contribution in [0.2, 0.25) is 0 Å². The van der Waals surface area contributed by atoms with Crippen molar-refractivity contribution in [2.24, 2.45) is 5.92 Å². The summed E-state index contributed by atoms with van der Waals surface area (Å²) in [4.78, 5) is 15.3. The van der Waals surface area contributed by atoms with Gasteiger partial charge in [-0.25, -0.2) is 0 Å². The van der Waals surface area contributed by atoms with Gasteiger partial charge in [0.15, 0.2) is 23.4 Å².